The summed E-state index contributed by atoms with van der Waals surface area (Å²) in [4.78, 5) is 14.5. The number of rotatable bonds is 6. The lowest BCUT2D eigenvalue weighted by Gasteiger charge is -2.30. The van der Waals surface area contributed by atoms with Gasteiger partial charge in [-0.1, -0.05) is 6.08 Å². The highest BCUT2D eigenvalue weighted by molar-refractivity contribution is 7.14. The molecular formula is C20H25NO2S2. The van der Waals surface area contributed by atoms with E-state index >= 15 is 0 Å². The van der Waals surface area contributed by atoms with Gasteiger partial charge < -0.3 is 10.0 Å². The zero-order valence-electron chi connectivity index (χ0n) is 19.8. The molecule has 0 amide bonds. The largest absolute Gasteiger partial charge is 0.481 e. The lowest BCUT2D eigenvalue weighted by molar-refractivity contribution is -0.143. The molecule has 0 spiro atoms. The van der Waals surface area contributed by atoms with Crippen molar-refractivity contribution in [3.63, 3.8) is 0 Å². The third-order valence-electron chi connectivity index (χ3n) is 4.47. The number of piperidine rings is 1. The van der Waals surface area contributed by atoms with Crippen molar-refractivity contribution in [1.29, 1.82) is 0 Å². The molecule has 3 rings (SSSR count). The Balaban J connectivity index is 1.92. The molecule has 1 N–H and O–H groups in total. The van der Waals surface area contributed by atoms with Gasteiger partial charge in [-0.05, 0) is 73.5 Å². The van der Waals surface area contributed by atoms with Gasteiger partial charge in [0, 0.05) is 36.6 Å². The highest BCUT2D eigenvalue weighted by atomic mass is 32.1. The van der Waals surface area contributed by atoms with Crippen molar-refractivity contribution in [3.8, 4) is 0 Å². The van der Waals surface area contributed by atoms with Gasteiger partial charge in [0.15, 0.2) is 0 Å². The fraction of sp³-hybridized carbons (Fsp3) is 0.450. The summed E-state index contributed by atoms with van der Waals surface area (Å²) in [6.07, 6.45) is 3.99. The summed E-state index contributed by atoms with van der Waals surface area (Å²) >= 11 is 2.59. The topological polar surface area (TPSA) is 40.5 Å². The van der Waals surface area contributed by atoms with E-state index in [1.807, 2.05) is 6.08 Å². The number of thiophene rings is 2. The van der Waals surface area contributed by atoms with Crippen LogP contribution in [0.3, 0.4) is 0 Å². The van der Waals surface area contributed by atoms with Gasteiger partial charge in [-0.15, -0.1) is 22.7 Å². The SMILES string of the molecule is [2H]C([2H])([2H])c1ccsc1C(=CCCN1CCCC(C(=O)O)C1)c1sccc1C([2H])([2H])[2H]. The van der Waals surface area contributed by atoms with E-state index in [-0.39, 0.29) is 17.0 Å². The quantitative estimate of drug-likeness (QED) is 0.761. The number of carboxylic acids is 1. The van der Waals surface area contributed by atoms with E-state index in [1.54, 1.807) is 22.9 Å². The van der Waals surface area contributed by atoms with Crippen molar-refractivity contribution >= 4 is 34.2 Å². The lowest BCUT2D eigenvalue weighted by Crippen LogP contribution is -2.39. The smallest absolute Gasteiger partial charge is 0.307 e. The summed E-state index contributed by atoms with van der Waals surface area (Å²) in [6.45, 7) is -2.64. The van der Waals surface area contributed by atoms with Crippen molar-refractivity contribution in [1.82, 2.24) is 4.90 Å². The van der Waals surface area contributed by atoms with Crippen LogP contribution in [-0.2, 0) is 4.79 Å². The van der Waals surface area contributed by atoms with Crippen molar-refractivity contribution in [2.45, 2.75) is 33.0 Å². The number of carboxylic acid groups (broad SMARTS) is 1. The molecule has 25 heavy (non-hydrogen) atoms. The van der Waals surface area contributed by atoms with Gasteiger partial charge in [0.05, 0.1) is 5.92 Å². The summed E-state index contributed by atoms with van der Waals surface area (Å²) < 4.78 is 47.2. The Morgan fingerprint density at radius 3 is 2.60 bits per heavy atom. The van der Waals surface area contributed by atoms with Gasteiger partial charge in [0.1, 0.15) is 0 Å². The van der Waals surface area contributed by atoms with Crippen LogP contribution >= 0.6 is 22.7 Å². The van der Waals surface area contributed by atoms with E-state index in [2.05, 4.69) is 4.90 Å². The van der Waals surface area contributed by atoms with Gasteiger partial charge in [0.25, 0.3) is 0 Å². The Kier molecular flexibility index (Phi) is 4.00. The molecule has 0 saturated carbocycles. The highest BCUT2D eigenvalue weighted by Gasteiger charge is 2.24. The van der Waals surface area contributed by atoms with Crippen LogP contribution < -0.4 is 0 Å². The predicted octanol–water partition coefficient (Wildman–Crippen LogP) is 5.04. The number of hydrogen-bond donors (Lipinski definition) is 1. The van der Waals surface area contributed by atoms with Gasteiger partial charge in [-0.2, -0.15) is 0 Å². The fourth-order valence-corrected chi connectivity index (χ4v) is 4.94. The molecule has 0 aromatic carbocycles. The molecule has 1 atom stereocenters. The average Bonchev–Trinajstić information content (AvgIpc) is 3.34. The molecule has 0 radical (unpaired) electrons. The van der Waals surface area contributed by atoms with E-state index in [0.717, 1.165) is 13.0 Å². The number of aliphatic carboxylic acids is 1. The second-order valence-corrected chi connectivity index (χ2v) is 8.04. The van der Waals surface area contributed by atoms with Crippen LogP contribution in [0.25, 0.3) is 5.57 Å². The molecular weight excluding hydrogens is 350 g/mol. The van der Waals surface area contributed by atoms with E-state index in [4.69, 9.17) is 8.22 Å². The van der Waals surface area contributed by atoms with Crippen LogP contribution in [0.5, 0.6) is 0 Å². The molecule has 0 aliphatic carbocycles. The molecule has 0 bridgehead atoms. The third kappa shape index (κ3) is 4.40. The molecule has 5 heteroatoms. The number of carbonyl (C=O) groups is 1. The molecule has 1 fully saturated rings. The second-order valence-electron chi connectivity index (χ2n) is 6.21. The molecule has 1 saturated heterocycles. The van der Waals surface area contributed by atoms with Gasteiger partial charge >= 0.3 is 5.97 Å². The lowest BCUT2D eigenvalue weighted by atomic mass is 9.98. The highest BCUT2D eigenvalue weighted by Crippen LogP contribution is 2.35. The Morgan fingerprint density at radius 2 is 2.00 bits per heavy atom. The zero-order valence-corrected chi connectivity index (χ0v) is 15.5. The normalized spacial score (nSPS) is 22.8. The van der Waals surface area contributed by atoms with Crippen LogP contribution in [-0.4, -0.2) is 35.6 Å². The zero-order chi connectivity index (χ0) is 22.8. The minimum atomic E-state index is -2.30. The summed E-state index contributed by atoms with van der Waals surface area (Å²) in [5.74, 6) is -1.14. The van der Waals surface area contributed by atoms with E-state index in [1.165, 1.54) is 22.7 Å². The summed E-state index contributed by atoms with van der Waals surface area (Å²) in [5.41, 5.74) is 1.07. The molecule has 1 unspecified atom stereocenters. The van der Waals surface area contributed by atoms with Crippen molar-refractivity contribution < 1.29 is 18.1 Å². The third-order valence-corrected chi connectivity index (χ3v) is 6.36. The molecule has 2 aromatic heterocycles. The number of aryl methyl sites for hydroxylation is 2. The first-order valence-electron chi connectivity index (χ1n) is 11.3. The maximum Gasteiger partial charge on any atom is 0.307 e. The Hall–Kier alpha value is -1.43. The van der Waals surface area contributed by atoms with Crippen LogP contribution in [0.1, 0.15) is 48.4 Å². The molecule has 3 nitrogen and oxygen atoms in total. The minimum absolute atomic E-state index is 0.220. The van der Waals surface area contributed by atoms with Gasteiger partial charge in [-0.3, -0.25) is 4.79 Å². The number of nitrogens with zero attached hydrogens (tertiary/aromatic N) is 1. The van der Waals surface area contributed by atoms with Crippen molar-refractivity contribution in [2.75, 3.05) is 19.6 Å². The molecule has 2 aromatic rings. The van der Waals surface area contributed by atoms with E-state index < -0.39 is 19.7 Å². The van der Waals surface area contributed by atoms with Crippen LogP contribution in [0, 0.1) is 19.6 Å². The Morgan fingerprint density at radius 1 is 1.32 bits per heavy atom. The Bertz CT molecular complexity index is 890. The van der Waals surface area contributed by atoms with E-state index in [0.29, 0.717) is 41.3 Å². The summed E-state index contributed by atoms with van der Waals surface area (Å²) in [7, 11) is 0. The molecule has 134 valence electrons. The second kappa shape index (κ2) is 8.30. The van der Waals surface area contributed by atoms with Crippen LogP contribution in [0.2, 0.25) is 0 Å². The van der Waals surface area contributed by atoms with Crippen molar-refractivity contribution in [3.05, 3.63) is 49.9 Å². The van der Waals surface area contributed by atoms with Gasteiger partial charge in [0.2, 0.25) is 0 Å². The first kappa shape index (κ1) is 12.0. The minimum Gasteiger partial charge on any atom is -0.481 e. The van der Waals surface area contributed by atoms with Gasteiger partial charge in [-0.25, -0.2) is 0 Å². The van der Waals surface area contributed by atoms with Crippen LogP contribution in [0.4, 0.5) is 0 Å². The first-order chi connectivity index (χ1) is 14.5. The average molecular weight is 382 g/mol. The fourth-order valence-electron chi connectivity index (χ4n) is 3.18. The maximum atomic E-state index is 11.3. The first-order valence-corrected chi connectivity index (χ1v) is 10.1. The molecule has 1 aliphatic heterocycles. The predicted molar refractivity (Wildman–Crippen MR) is 107 cm³/mol. The number of hydrogen-bond acceptors (Lipinski definition) is 4. The molecule has 1 aliphatic rings. The summed E-state index contributed by atoms with van der Waals surface area (Å²) in [6, 6.07) is 3.15. The van der Waals surface area contributed by atoms with Crippen molar-refractivity contribution in [2.24, 2.45) is 5.92 Å². The Labute approximate surface area is 166 Å². The standard InChI is InChI=1S/C20H25NO2S2/c1-14-7-11-24-18(14)17(19-15(2)8-12-25-19)6-4-10-21-9-3-5-16(13-21)20(22)23/h6-8,11-12,16H,3-5,9-10,13H2,1-2H3,(H,22,23)/i1D3,2D3. The van der Waals surface area contributed by atoms with Crippen LogP contribution in [0.15, 0.2) is 29.0 Å². The number of likely N-dealkylation sites (tertiary alicyclic amines) is 1. The molecule has 3 heterocycles. The van der Waals surface area contributed by atoms with E-state index in [9.17, 15) is 9.90 Å². The monoisotopic (exact) mass is 381 g/mol. The summed E-state index contributed by atoms with van der Waals surface area (Å²) in [5, 5.41) is 12.7. The maximum absolute atomic E-state index is 11.3.